The zero-order chi connectivity index (χ0) is 13.0. The van der Waals surface area contributed by atoms with E-state index in [1.165, 1.54) is 23.3 Å². The Morgan fingerprint density at radius 3 is 2.39 bits per heavy atom. The van der Waals surface area contributed by atoms with E-state index in [1.54, 1.807) is 0 Å². The molecule has 2 aromatic carbocycles. The van der Waals surface area contributed by atoms with Gasteiger partial charge in [0, 0.05) is 4.83 Å². The molecule has 18 heavy (non-hydrogen) atoms. The fourth-order valence-electron chi connectivity index (χ4n) is 2.10. The van der Waals surface area contributed by atoms with Crippen molar-refractivity contribution in [1.29, 1.82) is 0 Å². The Morgan fingerprint density at radius 2 is 1.72 bits per heavy atom. The molecule has 0 aliphatic carbocycles. The van der Waals surface area contributed by atoms with Gasteiger partial charge in [0.25, 0.3) is 0 Å². The highest BCUT2D eigenvalue weighted by Crippen LogP contribution is 2.29. The van der Waals surface area contributed by atoms with Crippen molar-refractivity contribution in [2.24, 2.45) is 0 Å². The maximum absolute atomic E-state index is 12.9. The molecule has 0 nitrogen and oxygen atoms in total. The molecule has 1 atom stereocenters. The first kappa shape index (κ1) is 13.3. The molecule has 2 aromatic rings. The lowest BCUT2D eigenvalue weighted by Crippen LogP contribution is -1.99. The molecule has 0 saturated heterocycles. The third-order valence-electron chi connectivity index (χ3n) is 3.10. The van der Waals surface area contributed by atoms with E-state index in [-0.39, 0.29) is 10.6 Å². The number of rotatable bonds is 4. The van der Waals surface area contributed by atoms with Crippen molar-refractivity contribution in [3.05, 3.63) is 71.0 Å². The second-order valence-corrected chi connectivity index (χ2v) is 5.46. The Kier molecular flexibility index (Phi) is 4.54. The second-order valence-electron chi connectivity index (χ2n) is 4.35. The predicted molar refractivity (Wildman–Crippen MR) is 77.6 cm³/mol. The van der Waals surface area contributed by atoms with Crippen LogP contribution in [0.3, 0.4) is 0 Å². The lowest BCUT2D eigenvalue weighted by molar-refractivity contribution is 0.627. The monoisotopic (exact) mass is 306 g/mol. The highest BCUT2D eigenvalue weighted by molar-refractivity contribution is 9.09. The molecule has 0 heterocycles. The first-order valence-electron chi connectivity index (χ1n) is 6.17. The standard InChI is InChI=1S/C16H16BrF/c1-2-13-5-3-4-6-15(13)16(17)11-12-7-9-14(18)10-8-12/h3-10,16H,2,11H2,1H3. The number of halogens is 2. The summed E-state index contributed by atoms with van der Waals surface area (Å²) < 4.78 is 12.9. The van der Waals surface area contributed by atoms with E-state index in [9.17, 15) is 4.39 Å². The molecule has 0 aliphatic heterocycles. The second kappa shape index (κ2) is 6.14. The molecule has 0 amide bonds. The predicted octanol–water partition coefficient (Wildman–Crippen LogP) is 5.07. The lowest BCUT2D eigenvalue weighted by atomic mass is 9.98. The zero-order valence-electron chi connectivity index (χ0n) is 10.4. The molecule has 0 fully saturated rings. The normalized spacial score (nSPS) is 12.4. The number of alkyl halides is 1. The maximum atomic E-state index is 12.9. The van der Waals surface area contributed by atoms with Crippen molar-refractivity contribution in [1.82, 2.24) is 0 Å². The van der Waals surface area contributed by atoms with Crippen molar-refractivity contribution in [3.8, 4) is 0 Å². The molecular weight excluding hydrogens is 291 g/mol. The number of aryl methyl sites for hydroxylation is 1. The van der Waals surface area contributed by atoms with E-state index in [0.29, 0.717) is 0 Å². The van der Waals surface area contributed by atoms with Crippen LogP contribution in [0.1, 0.15) is 28.4 Å². The van der Waals surface area contributed by atoms with Crippen LogP contribution in [0.15, 0.2) is 48.5 Å². The lowest BCUT2D eigenvalue weighted by Gasteiger charge is -2.14. The topological polar surface area (TPSA) is 0 Å². The van der Waals surface area contributed by atoms with Crippen molar-refractivity contribution in [2.45, 2.75) is 24.6 Å². The van der Waals surface area contributed by atoms with Crippen molar-refractivity contribution < 1.29 is 4.39 Å². The number of benzene rings is 2. The van der Waals surface area contributed by atoms with Crippen LogP contribution in [-0.4, -0.2) is 0 Å². The van der Waals surface area contributed by atoms with Crippen molar-refractivity contribution in [2.75, 3.05) is 0 Å². The zero-order valence-corrected chi connectivity index (χ0v) is 12.0. The summed E-state index contributed by atoms with van der Waals surface area (Å²) in [4.78, 5) is 0.277. The van der Waals surface area contributed by atoms with Gasteiger partial charge in [-0.15, -0.1) is 0 Å². The Labute approximate surface area is 116 Å². The molecule has 0 aliphatic rings. The molecule has 0 saturated carbocycles. The summed E-state index contributed by atoms with van der Waals surface area (Å²) in [5, 5.41) is 0. The van der Waals surface area contributed by atoms with Crippen molar-refractivity contribution in [3.63, 3.8) is 0 Å². The number of hydrogen-bond donors (Lipinski definition) is 0. The molecule has 0 N–H and O–H groups in total. The van der Waals surface area contributed by atoms with Gasteiger partial charge in [-0.1, -0.05) is 59.3 Å². The Bertz CT molecular complexity index is 505. The summed E-state index contributed by atoms with van der Waals surface area (Å²) in [6, 6.07) is 15.2. The van der Waals surface area contributed by atoms with E-state index in [4.69, 9.17) is 0 Å². The molecule has 94 valence electrons. The van der Waals surface area contributed by atoms with Crippen LogP contribution in [0, 0.1) is 5.82 Å². The van der Waals surface area contributed by atoms with Crippen molar-refractivity contribution >= 4 is 15.9 Å². The Hall–Kier alpha value is -1.15. The van der Waals surface area contributed by atoms with Gasteiger partial charge < -0.3 is 0 Å². The third-order valence-corrected chi connectivity index (χ3v) is 3.92. The van der Waals surface area contributed by atoms with E-state index in [1.807, 2.05) is 12.1 Å². The summed E-state index contributed by atoms with van der Waals surface area (Å²) in [7, 11) is 0. The highest BCUT2D eigenvalue weighted by atomic mass is 79.9. The quantitative estimate of drug-likeness (QED) is 0.692. The van der Waals surface area contributed by atoms with Gasteiger partial charge in [-0.05, 0) is 41.7 Å². The van der Waals surface area contributed by atoms with Crippen LogP contribution in [0.25, 0.3) is 0 Å². The minimum Gasteiger partial charge on any atom is -0.207 e. The molecule has 0 radical (unpaired) electrons. The van der Waals surface area contributed by atoms with E-state index in [2.05, 4.69) is 47.1 Å². The average molecular weight is 307 g/mol. The molecule has 0 bridgehead atoms. The van der Waals surface area contributed by atoms with Crippen LogP contribution in [0.2, 0.25) is 0 Å². The third kappa shape index (κ3) is 3.20. The largest absolute Gasteiger partial charge is 0.207 e. The summed E-state index contributed by atoms with van der Waals surface area (Å²) in [6.07, 6.45) is 1.90. The fourth-order valence-corrected chi connectivity index (χ4v) is 2.92. The van der Waals surface area contributed by atoms with E-state index in [0.717, 1.165) is 18.4 Å². The van der Waals surface area contributed by atoms with Crippen LogP contribution in [0.4, 0.5) is 4.39 Å². The molecule has 0 spiro atoms. The fraction of sp³-hybridized carbons (Fsp3) is 0.250. The van der Waals surface area contributed by atoms with Crippen LogP contribution >= 0.6 is 15.9 Å². The van der Waals surface area contributed by atoms with Gasteiger partial charge in [-0.25, -0.2) is 4.39 Å². The van der Waals surface area contributed by atoms with Gasteiger partial charge in [0.1, 0.15) is 5.82 Å². The SMILES string of the molecule is CCc1ccccc1C(Br)Cc1ccc(F)cc1. The summed E-state index contributed by atoms with van der Waals surface area (Å²) >= 11 is 3.74. The van der Waals surface area contributed by atoms with Gasteiger partial charge in [0.15, 0.2) is 0 Å². The van der Waals surface area contributed by atoms with Gasteiger partial charge >= 0.3 is 0 Å². The average Bonchev–Trinajstić information content (AvgIpc) is 2.41. The first-order chi connectivity index (χ1) is 8.70. The van der Waals surface area contributed by atoms with Crippen LogP contribution < -0.4 is 0 Å². The highest BCUT2D eigenvalue weighted by Gasteiger charge is 2.11. The number of hydrogen-bond acceptors (Lipinski definition) is 0. The Balaban J connectivity index is 2.16. The summed E-state index contributed by atoms with van der Waals surface area (Å²) in [5.74, 6) is -0.182. The van der Waals surface area contributed by atoms with Crippen LogP contribution in [-0.2, 0) is 12.8 Å². The summed E-state index contributed by atoms with van der Waals surface area (Å²) in [5.41, 5.74) is 3.83. The van der Waals surface area contributed by atoms with E-state index >= 15 is 0 Å². The minimum atomic E-state index is -0.182. The molecule has 0 aromatic heterocycles. The first-order valence-corrected chi connectivity index (χ1v) is 7.08. The Morgan fingerprint density at radius 1 is 1.06 bits per heavy atom. The molecule has 2 heteroatoms. The van der Waals surface area contributed by atoms with Gasteiger partial charge in [-0.3, -0.25) is 0 Å². The minimum absolute atomic E-state index is 0.182. The van der Waals surface area contributed by atoms with Gasteiger partial charge in [-0.2, -0.15) is 0 Å². The van der Waals surface area contributed by atoms with Crippen LogP contribution in [0.5, 0.6) is 0 Å². The molecular formula is C16H16BrF. The summed E-state index contributed by atoms with van der Waals surface area (Å²) in [6.45, 7) is 2.16. The van der Waals surface area contributed by atoms with Gasteiger partial charge in [0.2, 0.25) is 0 Å². The molecule has 1 unspecified atom stereocenters. The maximum Gasteiger partial charge on any atom is 0.123 e. The molecule has 2 rings (SSSR count). The van der Waals surface area contributed by atoms with Gasteiger partial charge in [0.05, 0.1) is 0 Å². The van der Waals surface area contributed by atoms with E-state index < -0.39 is 0 Å². The smallest absolute Gasteiger partial charge is 0.123 e.